The molecule has 160 valence electrons. The Morgan fingerprint density at radius 2 is 1.73 bits per heavy atom. The fourth-order valence-corrected chi connectivity index (χ4v) is 5.59. The maximum atomic E-state index is 14.7. The molecule has 1 unspecified atom stereocenters. The van der Waals surface area contributed by atoms with Crippen LogP contribution in [0.4, 0.5) is 14.7 Å². The van der Waals surface area contributed by atoms with Crippen molar-refractivity contribution in [1.29, 1.82) is 0 Å². The van der Waals surface area contributed by atoms with E-state index in [0.29, 0.717) is 12.5 Å². The number of nitrogens with zero attached hydrogens (tertiary/aromatic N) is 4. The van der Waals surface area contributed by atoms with Crippen molar-refractivity contribution in [3.63, 3.8) is 0 Å². The number of aromatic nitrogens is 2. The molecule has 3 heterocycles. The van der Waals surface area contributed by atoms with E-state index in [-0.39, 0.29) is 48.9 Å². The largest absolute Gasteiger partial charge is 0.337 e. The third-order valence-corrected chi connectivity index (χ3v) is 7.46. The summed E-state index contributed by atoms with van der Waals surface area (Å²) in [5, 5.41) is 0. The summed E-state index contributed by atoms with van der Waals surface area (Å²) in [5.74, 6) is -2.21. The van der Waals surface area contributed by atoms with Crippen molar-refractivity contribution >= 4 is 21.7 Å². The molecule has 0 saturated carbocycles. The molecule has 0 radical (unpaired) electrons. The van der Waals surface area contributed by atoms with Gasteiger partial charge in [-0.2, -0.15) is 0 Å². The van der Waals surface area contributed by atoms with Crippen LogP contribution in [-0.4, -0.2) is 60.3 Å². The Balaban J connectivity index is 1.63. The van der Waals surface area contributed by atoms with Crippen LogP contribution in [0.15, 0.2) is 36.7 Å². The lowest BCUT2D eigenvalue weighted by Crippen LogP contribution is -2.53. The van der Waals surface area contributed by atoms with Crippen molar-refractivity contribution in [1.82, 2.24) is 14.9 Å². The molecule has 0 N–H and O–H groups in total. The molecular weight excluding hydrogens is 414 g/mol. The van der Waals surface area contributed by atoms with Crippen LogP contribution < -0.4 is 4.90 Å². The van der Waals surface area contributed by atoms with Gasteiger partial charge in [0.2, 0.25) is 11.9 Å². The molecule has 0 aliphatic carbocycles. The highest BCUT2D eigenvalue weighted by atomic mass is 32.2. The minimum absolute atomic E-state index is 0.0276. The lowest BCUT2D eigenvalue weighted by atomic mass is 9.96. The first-order valence-corrected chi connectivity index (χ1v) is 11.6. The molecule has 2 saturated heterocycles. The predicted molar refractivity (Wildman–Crippen MR) is 106 cm³/mol. The van der Waals surface area contributed by atoms with E-state index in [2.05, 4.69) is 9.97 Å². The Bertz CT molecular complexity index is 1020. The zero-order chi connectivity index (χ0) is 21.3. The summed E-state index contributed by atoms with van der Waals surface area (Å²) in [6.07, 6.45) is 3.70. The highest BCUT2D eigenvalue weighted by Gasteiger charge is 2.39. The molecule has 2 aliphatic rings. The number of amides is 1. The van der Waals surface area contributed by atoms with Gasteiger partial charge in [-0.05, 0) is 25.0 Å². The quantitative estimate of drug-likeness (QED) is 0.732. The van der Waals surface area contributed by atoms with Crippen molar-refractivity contribution in [2.24, 2.45) is 5.92 Å². The second kappa shape index (κ2) is 8.25. The zero-order valence-corrected chi connectivity index (χ0v) is 17.1. The number of piperazine rings is 1. The first-order valence-electron chi connectivity index (χ1n) is 9.82. The molecule has 4 rings (SSSR count). The number of carbonyl (C=O) groups is 1. The van der Waals surface area contributed by atoms with E-state index in [1.807, 2.05) is 4.90 Å². The maximum Gasteiger partial charge on any atom is 0.226 e. The van der Waals surface area contributed by atoms with Crippen LogP contribution in [0.3, 0.4) is 0 Å². The molecular formula is C20H22F2N4O3S. The van der Waals surface area contributed by atoms with Crippen molar-refractivity contribution in [2.45, 2.75) is 18.9 Å². The summed E-state index contributed by atoms with van der Waals surface area (Å²) in [6, 6.07) is 4.89. The first-order chi connectivity index (χ1) is 14.4. The highest BCUT2D eigenvalue weighted by molar-refractivity contribution is 7.91. The Kier molecular flexibility index (Phi) is 5.68. The lowest BCUT2D eigenvalue weighted by Gasteiger charge is -2.43. The average molecular weight is 436 g/mol. The number of benzene rings is 1. The number of carbonyl (C=O) groups excluding carboxylic acids is 1. The van der Waals surface area contributed by atoms with Crippen molar-refractivity contribution in [2.75, 3.05) is 36.0 Å². The van der Waals surface area contributed by atoms with E-state index in [0.717, 1.165) is 6.07 Å². The van der Waals surface area contributed by atoms with Crippen LogP contribution >= 0.6 is 0 Å². The number of sulfone groups is 1. The molecule has 2 aliphatic heterocycles. The summed E-state index contributed by atoms with van der Waals surface area (Å²) >= 11 is 0. The fourth-order valence-electron chi connectivity index (χ4n) is 4.10. The fraction of sp³-hybridized carbons (Fsp3) is 0.450. The Morgan fingerprint density at radius 1 is 1.03 bits per heavy atom. The van der Waals surface area contributed by atoms with Crippen LogP contribution in [0.1, 0.15) is 24.4 Å². The van der Waals surface area contributed by atoms with Gasteiger partial charge < -0.3 is 9.80 Å². The molecule has 7 nitrogen and oxygen atoms in total. The number of halogens is 2. The Hall–Kier alpha value is -2.62. The van der Waals surface area contributed by atoms with Gasteiger partial charge in [0.25, 0.3) is 0 Å². The molecule has 0 spiro atoms. The lowest BCUT2D eigenvalue weighted by molar-refractivity contribution is -0.139. The highest BCUT2D eigenvalue weighted by Crippen LogP contribution is 2.33. The van der Waals surface area contributed by atoms with Crippen LogP contribution in [0.2, 0.25) is 0 Å². The van der Waals surface area contributed by atoms with Crippen LogP contribution in [0.5, 0.6) is 0 Å². The summed E-state index contributed by atoms with van der Waals surface area (Å²) in [7, 11) is -3.11. The third-order valence-electron chi connectivity index (χ3n) is 5.74. The molecule has 2 fully saturated rings. The Morgan fingerprint density at radius 3 is 2.43 bits per heavy atom. The molecule has 0 bridgehead atoms. The van der Waals surface area contributed by atoms with Gasteiger partial charge in [0.1, 0.15) is 9.84 Å². The molecule has 1 amide bonds. The van der Waals surface area contributed by atoms with E-state index in [1.54, 1.807) is 23.4 Å². The van der Waals surface area contributed by atoms with E-state index in [4.69, 9.17) is 0 Å². The number of hydrogen-bond acceptors (Lipinski definition) is 6. The molecule has 1 atom stereocenters. The molecule has 1 aromatic carbocycles. The monoisotopic (exact) mass is 436 g/mol. The second-order valence-corrected chi connectivity index (χ2v) is 9.92. The van der Waals surface area contributed by atoms with Gasteiger partial charge in [-0.25, -0.2) is 27.2 Å². The van der Waals surface area contributed by atoms with Crippen LogP contribution in [-0.2, 0) is 14.6 Å². The average Bonchev–Trinajstić information content (AvgIpc) is 2.75. The predicted octanol–water partition coefficient (Wildman–Crippen LogP) is 1.97. The van der Waals surface area contributed by atoms with Gasteiger partial charge in [-0.1, -0.05) is 12.1 Å². The molecule has 30 heavy (non-hydrogen) atoms. The molecule has 2 aromatic rings. The van der Waals surface area contributed by atoms with Gasteiger partial charge in [0.15, 0.2) is 11.6 Å². The Labute approximate surface area is 173 Å². The summed E-state index contributed by atoms with van der Waals surface area (Å²) in [5.41, 5.74) is 0.0902. The van der Waals surface area contributed by atoms with Gasteiger partial charge in [0, 0.05) is 43.5 Å². The summed E-state index contributed by atoms with van der Waals surface area (Å²) in [6.45, 7) is 0.927. The van der Waals surface area contributed by atoms with Crippen molar-refractivity contribution in [3.8, 4) is 0 Å². The van der Waals surface area contributed by atoms with E-state index in [9.17, 15) is 22.0 Å². The van der Waals surface area contributed by atoms with Gasteiger partial charge in [-0.3, -0.25) is 4.79 Å². The molecule has 1 aromatic heterocycles. The second-order valence-electron chi connectivity index (χ2n) is 7.61. The van der Waals surface area contributed by atoms with Crippen molar-refractivity contribution in [3.05, 3.63) is 53.9 Å². The van der Waals surface area contributed by atoms with Crippen LogP contribution in [0.25, 0.3) is 0 Å². The van der Waals surface area contributed by atoms with Crippen molar-refractivity contribution < 1.29 is 22.0 Å². The van der Waals surface area contributed by atoms with Crippen LogP contribution in [0, 0.1) is 17.6 Å². The number of hydrogen-bond donors (Lipinski definition) is 0. The summed E-state index contributed by atoms with van der Waals surface area (Å²) < 4.78 is 52.0. The molecule has 10 heteroatoms. The topological polar surface area (TPSA) is 83.5 Å². The first kappa shape index (κ1) is 20.6. The standard InChI is InChI=1S/C20H22F2N4O3S/c21-16-4-1-3-15(18(16)22)17-13-25(20-23-7-2-8-24-20)9-10-26(17)19(27)14-5-11-30(28,29)12-6-14/h1-4,7-8,14,17H,5-6,9-13H2. The van der Waals surface area contributed by atoms with E-state index >= 15 is 0 Å². The zero-order valence-electron chi connectivity index (χ0n) is 16.2. The minimum atomic E-state index is -3.11. The maximum absolute atomic E-state index is 14.7. The van der Waals surface area contributed by atoms with E-state index < -0.39 is 33.4 Å². The minimum Gasteiger partial charge on any atom is -0.337 e. The van der Waals surface area contributed by atoms with E-state index in [1.165, 1.54) is 12.1 Å². The number of rotatable bonds is 3. The smallest absolute Gasteiger partial charge is 0.226 e. The normalized spacial score (nSPS) is 22.1. The number of anilines is 1. The SMILES string of the molecule is O=C(C1CCS(=O)(=O)CC1)N1CCN(c2ncccn2)CC1c1cccc(F)c1F. The van der Waals surface area contributed by atoms with Gasteiger partial charge >= 0.3 is 0 Å². The summed E-state index contributed by atoms with van der Waals surface area (Å²) in [4.78, 5) is 25.1. The third kappa shape index (κ3) is 4.14. The van der Waals surface area contributed by atoms with Gasteiger partial charge in [-0.15, -0.1) is 0 Å². The van der Waals surface area contributed by atoms with Gasteiger partial charge in [0.05, 0.1) is 17.5 Å².